The Bertz CT molecular complexity index is 542. The zero-order valence-corrected chi connectivity index (χ0v) is 15.8. The lowest BCUT2D eigenvalue weighted by Gasteiger charge is -2.22. The van der Waals surface area contributed by atoms with Gasteiger partial charge in [-0.3, -0.25) is 0 Å². The van der Waals surface area contributed by atoms with E-state index in [1.807, 2.05) is 12.1 Å². The Hall–Kier alpha value is -0.975. The van der Waals surface area contributed by atoms with Gasteiger partial charge in [-0.05, 0) is 75.6 Å². The summed E-state index contributed by atoms with van der Waals surface area (Å²) in [4.78, 5) is 0. The molecule has 0 N–H and O–H groups in total. The van der Waals surface area contributed by atoms with Crippen molar-refractivity contribution in [2.24, 2.45) is 0 Å². The van der Waals surface area contributed by atoms with Gasteiger partial charge in [-0.25, -0.2) is 0 Å². The molecule has 154 valence electrons. The summed E-state index contributed by atoms with van der Waals surface area (Å²) < 4.78 is 79.8. The Kier molecular flexibility index (Phi) is 7.84. The molecule has 1 aromatic carbocycles. The maximum atomic E-state index is 12.3. The summed E-state index contributed by atoms with van der Waals surface area (Å²) in [5, 5.41) is 1.30. The van der Waals surface area contributed by atoms with E-state index in [1.54, 1.807) is 0 Å². The summed E-state index contributed by atoms with van der Waals surface area (Å²) in [6.07, 6.45) is 5.92. The second-order valence-corrected chi connectivity index (χ2v) is 10.1. The molecule has 2 aliphatic rings. The third-order valence-electron chi connectivity index (χ3n) is 5.01. The number of rotatable bonds is 4. The quantitative estimate of drug-likeness (QED) is 0.304. The van der Waals surface area contributed by atoms with Gasteiger partial charge in [0.1, 0.15) is 5.75 Å². The van der Waals surface area contributed by atoms with Gasteiger partial charge in [0.05, 0.1) is 16.6 Å². The van der Waals surface area contributed by atoms with E-state index >= 15 is 0 Å². The minimum absolute atomic E-state index is 0.101. The molecule has 3 rings (SSSR count). The average molecular weight is 418 g/mol. The van der Waals surface area contributed by atoms with Crippen LogP contribution < -0.4 is 10.0 Å². The van der Waals surface area contributed by atoms with Crippen molar-refractivity contribution in [2.75, 3.05) is 0 Å². The Morgan fingerprint density at radius 2 is 1.15 bits per heavy atom. The van der Waals surface area contributed by atoms with E-state index in [2.05, 4.69) is 4.74 Å². The molecular formula is C17H23BF7OP. The summed E-state index contributed by atoms with van der Waals surface area (Å²) in [6.45, 7) is 0. The lowest BCUT2D eigenvalue weighted by molar-refractivity contribution is -0.274. The van der Waals surface area contributed by atoms with Crippen LogP contribution in [0.5, 0.6) is 5.75 Å². The van der Waals surface area contributed by atoms with Crippen LogP contribution >= 0.6 is 7.92 Å². The van der Waals surface area contributed by atoms with Crippen LogP contribution in [0.3, 0.4) is 0 Å². The highest BCUT2D eigenvalue weighted by Gasteiger charge is 2.40. The molecular weight excluding hydrogens is 395 g/mol. The smallest absolute Gasteiger partial charge is 0.418 e. The fraction of sp³-hybridized carbons (Fsp3) is 0.647. The zero-order chi connectivity index (χ0) is 20.1. The Balaban J connectivity index is 0.000000465. The van der Waals surface area contributed by atoms with Gasteiger partial charge in [-0.2, -0.15) is 0 Å². The number of halogens is 7. The van der Waals surface area contributed by atoms with Crippen LogP contribution in [0.4, 0.5) is 30.4 Å². The Labute approximate surface area is 155 Å². The molecule has 2 saturated carbocycles. The summed E-state index contributed by atoms with van der Waals surface area (Å²) >= 11 is 0. The predicted octanol–water partition coefficient (Wildman–Crippen LogP) is 6.61. The van der Waals surface area contributed by atoms with Crippen LogP contribution in [-0.4, -0.2) is 24.9 Å². The molecule has 1 aromatic rings. The molecule has 0 bridgehead atoms. The fourth-order valence-electron chi connectivity index (χ4n) is 4.13. The molecule has 0 aromatic heterocycles. The van der Waals surface area contributed by atoms with Gasteiger partial charge in [0, 0.05) is 7.92 Å². The number of alkyl halides is 3. The molecule has 0 aliphatic heterocycles. The van der Waals surface area contributed by atoms with Gasteiger partial charge in [0.25, 0.3) is 0 Å². The summed E-state index contributed by atoms with van der Waals surface area (Å²) in [7, 11) is -6.67. The first kappa shape index (κ1) is 22.3. The lowest BCUT2D eigenvalue weighted by atomic mass is 10.3. The van der Waals surface area contributed by atoms with E-state index in [-0.39, 0.29) is 5.75 Å². The molecule has 0 unspecified atom stereocenters. The first-order chi connectivity index (χ1) is 12.5. The maximum Gasteiger partial charge on any atom is 0.673 e. The molecule has 0 amide bonds. The summed E-state index contributed by atoms with van der Waals surface area (Å²) in [5.74, 6) is -0.101. The van der Waals surface area contributed by atoms with Crippen molar-refractivity contribution < 1.29 is 35.2 Å². The normalized spacial score (nSPS) is 19.3. The van der Waals surface area contributed by atoms with Crippen LogP contribution in [0.2, 0.25) is 0 Å². The van der Waals surface area contributed by atoms with Crippen molar-refractivity contribution in [3.63, 3.8) is 0 Å². The van der Waals surface area contributed by atoms with Crippen molar-refractivity contribution in [1.29, 1.82) is 0 Å². The SMILES string of the molecule is FC(F)(F)Oc1ccc([PH+](C2CCCC2)C2CCCC2)cc1.F[B-](F)(F)F. The van der Waals surface area contributed by atoms with Crippen molar-refractivity contribution >= 4 is 20.5 Å². The van der Waals surface area contributed by atoms with Gasteiger partial charge < -0.3 is 22.0 Å². The van der Waals surface area contributed by atoms with Gasteiger partial charge >= 0.3 is 13.6 Å². The number of hydrogen-bond acceptors (Lipinski definition) is 1. The standard InChI is InChI=1S/C17H22F3OP.BF4/c18-17(19,20)21-13-9-11-16(12-10-13)22(14-5-1-2-6-14)15-7-3-4-8-15;2-1(3,4)5/h9-12,14-15H,1-8H2;/q;-1/p+1. The number of ether oxygens (including phenoxy) is 1. The van der Waals surface area contributed by atoms with E-state index in [4.69, 9.17) is 0 Å². The van der Waals surface area contributed by atoms with E-state index in [0.29, 0.717) is 0 Å². The monoisotopic (exact) mass is 418 g/mol. The third kappa shape index (κ3) is 8.28. The molecule has 2 fully saturated rings. The van der Waals surface area contributed by atoms with Gasteiger partial charge in [-0.1, -0.05) is 0 Å². The molecule has 0 spiro atoms. The minimum Gasteiger partial charge on any atom is -0.418 e. The second kappa shape index (κ2) is 9.48. The fourth-order valence-corrected chi connectivity index (χ4v) is 8.35. The number of hydrogen-bond donors (Lipinski definition) is 0. The van der Waals surface area contributed by atoms with Crippen molar-refractivity contribution in [2.45, 2.75) is 69.0 Å². The Morgan fingerprint density at radius 3 is 1.48 bits per heavy atom. The zero-order valence-electron chi connectivity index (χ0n) is 14.8. The predicted molar refractivity (Wildman–Crippen MR) is 95.8 cm³/mol. The second-order valence-electron chi connectivity index (χ2n) is 6.99. The largest absolute Gasteiger partial charge is 0.673 e. The van der Waals surface area contributed by atoms with Crippen LogP contribution in [-0.2, 0) is 0 Å². The summed E-state index contributed by atoms with van der Waals surface area (Å²) in [6, 6.07) is 6.78. The average Bonchev–Trinajstić information content (AvgIpc) is 3.20. The highest BCUT2D eigenvalue weighted by atomic mass is 31.1. The lowest BCUT2D eigenvalue weighted by Crippen LogP contribution is -2.20. The highest BCUT2D eigenvalue weighted by Crippen LogP contribution is 2.56. The van der Waals surface area contributed by atoms with E-state index < -0.39 is 21.5 Å². The molecule has 0 radical (unpaired) electrons. The molecule has 1 nitrogen and oxygen atoms in total. The van der Waals surface area contributed by atoms with E-state index in [1.165, 1.54) is 68.8 Å². The molecule has 2 aliphatic carbocycles. The highest BCUT2D eigenvalue weighted by molar-refractivity contribution is 7.67. The minimum atomic E-state index is -6.00. The third-order valence-corrected chi connectivity index (χ3v) is 8.93. The number of benzene rings is 1. The van der Waals surface area contributed by atoms with Gasteiger partial charge in [0.15, 0.2) is 0 Å². The maximum absolute atomic E-state index is 12.3. The van der Waals surface area contributed by atoms with Crippen molar-refractivity contribution in [3.05, 3.63) is 24.3 Å². The first-order valence-corrected chi connectivity index (χ1v) is 10.8. The van der Waals surface area contributed by atoms with Crippen molar-refractivity contribution in [1.82, 2.24) is 0 Å². The van der Waals surface area contributed by atoms with Crippen LogP contribution in [0.1, 0.15) is 51.4 Å². The van der Waals surface area contributed by atoms with Gasteiger partial charge in [-0.15, -0.1) is 13.2 Å². The van der Waals surface area contributed by atoms with Gasteiger partial charge in [0.2, 0.25) is 0 Å². The van der Waals surface area contributed by atoms with E-state index in [0.717, 1.165) is 11.3 Å². The van der Waals surface area contributed by atoms with E-state index in [9.17, 15) is 30.4 Å². The van der Waals surface area contributed by atoms with Crippen LogP contribution in [0, 0.1) is 0 Å². The Morgan fingerprint density at radius 1 is 0.778 bits per heavy atom. The van der Waals surface area contributed by atoms with Crippen LogP contribution in [0.25, 0.3) is 0 Å². The molecule has 10 heteroatoms. The molecule has 0 atom stereocenters. The molecule has 27 heavy (non-hydrogen) atoms. The van der Waals surface area contributed by atoms with Crippen molar-refractivity contribution in [3.8, 4) is 5.75 Å². The topological polar surface area (TPSA) is 9.23 Å². The first-order valence-electron chi connectivity index (χ1n) is 9.13. The van der Waals surface area contributed by atoms with Crippen LogP contribution in [0.15, 0.2) is 24.3 Å². The molecule has 0 saturated heterocycles. The summed E-state index contributed by atoms with van der Waals surface area (Å²) in [5.41, 5.74) is 1.62. The molecule has 0 heterocycles.